The van der Waals surface area contributed by atoms with Crippen molar-refractivity contribution in [2.45, 2.75) is 32.6 Å². The lowest BCUT2D eigenvalue weighted by molar-refractivity contribution is -0.144. The van der Waals surface area contributed by atoms with Crippen LogP contribution in [0.2, 0.25) is 0 Å². The van der Waals surface area contributed by atoms with Crippen molar-refractivity contribution in [2.75, 3.05) is 18.4 Å². The molecule has 3 heterocycles. The molecule has 2 unspecified atom stereocenters. The Hall–Kier alpha value is -2.92. The molecule has 0 radical (unpaired) electrons. The minimum absolute atomic E-state index is 0.0150. The van der Waals surface area contributed by atoms with Gasteiger partial charge < -0.3 is 15.0 Å². The van der Waals surface area contributed by atoms with Crippen LogP contribution in [0.25, 0.3) is 0 Å². The number of amides is 1. The van der Waals surface area contributed by atoms with Crippen molar-refractivity contribution in [1.82, 2.24) is 19.7 Å². The molecule has 2 atom stereocenters. The van der Waals surface area contributed by atoms with Crippen LogP contribution in [0.3, 0.4) is 0 Å². The number of aromatic nitrogens is 3. The van der Waals surface area contributed by atoms with Gasteiger partial charge in [-0.25, -0.2) is 4.98 Å². The summed E-state index contributed by atoms with van der Waals surface area (Å²) in [5.41, 5.74) is 1.04. The van der Waals surface area contributed by atoms with Gasteiger partial charge in [0.2, 0.25) is 5.91 Å². The lowest BCUT2D eigenvalue weighted by Crippen LogP contribution is -2.49. The fraction of sp³-hybridized carbons (Fsp3) is 0.412. The zero-order chi connectivity index (χ0) is 17.8. The van der Waals surface area contributed by atoms with Gasteiger partial charge in [0.05, 0.1) is 24.1 Å². The Bertz CT molecular complexity index is 786. The van der Waals surface area contributed by atoms with Crippen molar-refractivity contribution in [1.29, 1.82) is 5.26 Å². The molecule has 0 saturated carbocycles. The first-order valence-electron chi connectivity index (χ1n) is 8.13. The molecule has 25 heavy (non-hydrogen) atoms. The van der Waals surface area contributed by atoms with E-state index in [1.54, 1.807) is 35.3 Å². The number of ether oxygens (including phenoxy) is 1. The summed E-state index contributed by atoms with van der Waals surface area (Å²) < 4.78 is 7.24. The highest BCUT2D eigenvalue weighted by Crippen LogP contribution is 2.15. The van der Waals surface area contributed by atoms with Gasteiger partial charge in [0.1, 0.15) is 24.1 Å². The normalized spacial score (nSPS) is 20.1. The molecular formula is C17H20N6O2. The number of hydrogen-bond donors (Lipinski definition) is 1. The maximum Gasteiger partial charge on any atom is 0.244 e. The third-order valence-corrected chi connectivity index (χ3v) is 3.84. The summed E-state index contributed by atoms with van der Waals surface area (Å²) in [5.74, 6) is 0.571. The van der Waals surface area contributed by atoms with Gasteiger partial charge in [0, 0.05) is 19.3 Å². The predicted octanol–water partition coefficient (Wildman–Crippen LogP) is 1.53. The van der Waals surface area contributed by atoms with E-state index >= 15 is 0 Å². The second-order valence-corrected chi connectivity index (χ2v) is 6.13. The fourth-order valence-corrected chi connectivity index (χ4v) is 2.85. The van der Waals surface area contributed by atoms with E-state index < -0.39 is 0 Å². The minimum Gasteiger partial charge on any atom is -0.372 e. The number of nitrogens with one attached hydrogen (secondary N) is 1. The van der Waals surface area contributed by atoms with Crippen LogP contribution in [-0.4, -0.2) is 50.9 Å². The van der Waals surface area contributed by atoms with Gasteiger partial charge in [-0.2, -0.15) is 10.4 Å². The van der Waals surface area contributed by atoms with Crippen molar-refractivity contribution in [3.63, 3.8) is 0 Å². The quantitative estimate of drug-likeness (QED) is 0.907. The molecule has 3 rings (SSSR count). The average molecular weight is 340 g/mol. The SMILES string of the molecule is CC1CN(C(=O)Cn2cc(Nc3cccc(C#N)n3)cn2)CC(C)O1. The molecule has 8 heteroatoms. The predicted molar refractivity (Wildman–Crippen MR) is 91.1 cm³/mol. The molecule has 1 saturated heterocycles. The Morgan fingerprint density at radius 3 is 2.88 bits per heavy atom. The van der Waals surface area contributed by atoms with Gasteiger partial charge in [-0.05, 0) is 26.0 Å². The largest absolute Gasteiger partial charge is 0.372 e. The lowest BCUT2D eigenvalue weighted by atomic mass is 10.2. The van der Waals surface area contributed by atoms with Crippen LogP contribution in [0.1, 0.15) is 19.5 Å². The van der Waals surface area contributed by atoms with Gasteiger partial charge >= 0.3 is 0 Å². The first-order chi connectivity index (χ1) is 12.0. The van der Waals surface area contributed by atoms with E-state index in [0.717, 1.165) is 0 Å². The molecule has 0 aliphatic carbocycles. The van der Waals surface area contributed by atoms with Crippen molar-refractivity contribution in [3.8, 4) is 6.07 Å². The average Bonchev–Trinajstić information content (AvgIpc) is 3.01. The van der Waals surface area contributed by atoms with E-state index in [1.165, 1.54) is 0 Å². The maximum atomic E-state index is 12.5. The zero-order valence-corrected chi connectivity index (χ0v) is 14.2. The summed E-state index contributed by atoms with van der Waals surface area (Å²) in [4.78, 5) is 18.4. The van der Waals surface area contributed by atoms with Gasteiger partial charge in [-0.3, -0.25) is 9.48 Å². The van der Waals surface area contributed by atoms with E-state index in [4.69, 9.17) is 10.00 Å². The smallest absolute Gasteiger partial charge is 0.244 e. The van der Waals surface area contributed by atoms with Crippen molar-refractivity contribution in [3.05, 3.63) is 36.3 Å². The summed E-state index contributed by atoms with van der Waals surface area (Å²) in [6.07, 6.45) is 3.45. The highest BCUT2D eigenvalue weighted by atomic mass is 16.5. The topological polar surface area (TPSA) is 96.1 Å². The number of rotatable bonds is 4. The fourth-order valence-electron chi connectivity index (χ4n) is 2.85. The Balaban J connectivity index is 1.61. The molecule has 0 aromatic carbocycles. The molecule has 1 fully saturated rings. The molecule has 130 valence electrons. The van der Waals surface area contributed by atoms with E-state index in [0.29, 0.717) is 30.3 Å². The van der Waals surface area contributed by atoms with Crippen LogP contribution in [0.15, 0.2) is 30.6 Å². The summed E-state index contributed by atoms with van der Waals surface area (Å²) >= 11 is 0. The van der Waals surface area contributed by atoms with Gasteiger partial charge in [0.15, 0.2) is 0 Å². The van der Waals surface area contributed by atoms with Crippen LogP contribution >= 0.6 is 0 Å². The molecule has 1 amide bonds. The number of pyridine rings is 1. The van der Waals surface area contributed by atoms with Crippen molar-refractivity contribution < 1.29 is 9.53 Å². The van der Waals surface area contributed by atoms with Gasteiger partial charge in [-0.1, -0.05) is 6.07 Å². The summed E-state index contributed by atoms with van der Waals surface area (Å²) in [7, 11) is 0. The summed E-state index contributed by atoms with van der Waals surface area (Å²) in [6, 6.07) is 7.15. The molecule has 1 N–H and O–H groups in total. The number of hydrogen-bond acceptors (Lipinski definition) is 6. The molecule has 8 nitrogen and oxygen atoms in total. The number of carbonyl (C=O) groups is 1. The second kappa shape index (κ2) is 7.32. The van der Waals surface area contributed by atoms with Crippen molar-refractivity contribution >= 4 is 17.4 Å². The highest BCUT2D eigenvalue weighted by Gasteiger charge is 2.25. The third kappa shape index (κ3) is 4.33. The first kappa shape index (κ1) is 16.9. The first-order valence-corrected chi connectivity index (χ1v) is 8.13. The number of morpholine rings is 1. The van der Waals surface area contributed by atoms with E-state index in [2.05, 4.69) is 15.4 Å². The molecule has 2 aromatic heterocycles. The molecule has 2 aromatic rings. The molecular weight excluding hydrogens is 320 g/mol. The zero-order valence-electron chi connectivity index (χ0n) is 14.2. The summed E-state index contributed by atoms with van der Waals surface area (Å²) in [6.45, 7) is 5.30. The standard InChI is InChI=1S/C17H20N6O2/c1-12-8-22(9-13(2)25-12)17(24)11-23-10-15(7-19-23)21-16-5-3-4-14(6-18)20-16/h3-5,7,10,12-13H,8-9,11H2,1-2H3,(H,20,21). The third-order valence-electron chi connectivity index (χ3n) is 3.84. The van der Waals surface area contributed by atoms with Crippen LogP contribution in [0, 0.1) is 11.3 Å². The van der Waals surface area contributed by atoms with Crippen molar-refractivity contribution in [2.24, 2.45) is 0 Å². The second-order valence-electron chi connectivity index (χ2n) is 6.13. The highest BCUT2D eigenvalue weighted by molar-refractivity contribution is 5.76. The Morgan fingerprint density at radius 1 is 1.40 bits per heavy atom. The number of nitriles is 1. The Morgan fingerprint density at radius 2 is 2.16 bits per heavy atom. The number of anilines is 2. The Labute approximate surface area is 146 Å². The summed E-state index contributed by atoms with van der Waals surface area (Å²) in [5, 5.41) is 16.2. The van der Waals surface area contributed by atoms with E-state index in [9.17, 15) is 4.79 Å². The number of nitrogens with zero attached hydrogens (tertiary/aromatic N) is 5. The number of carbonyl (C=O) groups excluding carboxylic acids is 1. The molecule has 0 spiro atoms. The van der Waals surface area contributed by atoms with Crippen LogP contribution < -0.4 is 5.32 Å². The van der Waals surface area contributed by atoms with Crippen LogP contribution in [0.4, 0.5) is 11.5 Å². The van der Waals surface area contributed by atoms with E-state index in [-0.39, 0.29) is 24.7 Å². The van der Waals surface area contributed by atoms with Gasteiger partial charge in [0.25, 0.3) is 0 Å². The van der Waals surface area contributed by atoms with Crippen LogP contribution in [0.5, 0.6) is 0 Å². The monoisotopic (exact) mass is 340 g/mol. The lowest BCUT2D eigenvalue weighted by Gasteiger charge is -2.35. The molecule has 1 aliphatic rings. The molecule has 1 aliphatic heterocycles. The maximum absolute atomic E-state index is 12.5. The Kier molecular flexibility index (Phi) is 4.95. The molecule has 0 bridgehead atoms. The van der Waals surface area contributed by atoms with Crippen LogP contribution in [-0.2, 0) is 16.1 Å². The van der Waals surface area contributed by atoms with E-state index in [1.807, 2.05) is 24.8 Å². The van der Waals surface area contributed by atoms with Gasteiger partial charge in [-0.15, -0.1) is 0 Å². The minimum atomic E-state index is 0.0150.